The minimum Gasteiger partial charge on any atom is -0.352 e. The molecule has 3 nitrogen and oxygen atoms in total. The van der Waals surface area contributed by atoms with Crippen LogP contribution in [0.25, 0.3) is 0 Å². The molecule has 0 saturated carbocycles. The molecule has 0 aliphatic carbocycles. The molecule has 0 saturated heterocycles. The van der Waals surface area contributed by atoms with E-state index in [-0.39, 0.29) is 5.91 Å². The van der Waals surface area contributed by atoms with Crippen LogP contribution in [-0.2, 0) is 11.3 Å². The van der Waals surface area contributed by atoms with E-state index in [0.717, 1.165) is 12.1 Å². The molecule has 0 heterocycles. The Morgan fingerprint density at radius 1 is 1.31 bits per heavy atom. The maximum Gasteiger partial charge on any atom is 0.221 e. The van der Waals surface area contributed by atoms with Gasteiger partial charge in [-0.25, -0.2) is 0 Å². The minimum absolute atomic E-state index is 0.0698. The van der Waals surface area contributed by atoms with Crippen LogP contribution >= 0.6 is 0 Å². The van der Waals surface area contributed by atoms with E-state index in [1.54, 1.807) is 6.08 Å². The summed E-state index contributed by atoms with van der Waals surface area (Å²) in [4.78, 5) is 11.4. The van der Waals surface area contributed by atoms with Crippen LogP contribution in [0.4, 0.5) is 0 Å². The molecule has 0 aliphatic rings. The molecule has 1 amide bonds. The number of nitrogens with one attached hydrogen (secondary N) is 2. The zero-order chi connectivity index (χ0) is 11.6. The number of hydrogen-bond acceptors (Lipinski definition) is 2. The first-order chi connectivity index (χ1) is 7.83. The highest BCUT2D eigenvalue weighted by atomic mass is 16.1. The van der Waals surface area contributed by atoms with Crippen LogP contribution in [0.1, 0.15) is 12.0 Å². The Kier molecular flexibility index (Phi) is 5.96. The SMILES string of the molecule is C=CCNCCC(=O)NCc1ccccc1. The highest BCUT2D eigenvalue weighted by Gasteiger charge is 1.99. The molecule has 86 valence electrons. The van der Waals surface area contributed by atoms with E-state index < -0.39 is 0 Å². The zero-order valence-corrected chi connectivity index (χ0v) is 9.41. The van der Waals surface area contributed by atoms with Gasteiger partial charge in [0.2, 0.25) is 5.91 Å². The van der Waals surface area contributed by atoms with Crippen molar-refractivity contribution in [3.63, 3.8) is 0 Å². The summed E-state index contributed by atoms with van der Waals surface area (Å²) in [6.45, 7) is 5.62. The molecule has 0 spiro atoms. The highest BCUT2D eigenvalue weighted by Crippen LogP contribution is 1.97. The lowest BCUT2D eigenvalue weighted by molar-refractivity contribution is -0.121. The van der Waals surface area contributed by atoms with Gasteiger partial charge in [-0.15, -0.1) is 6.58 Å². The van der Waals surface area contributed by atoms with Crippen LogP contribution < -0.4 is 10.6 Å². The summed E-state index contributed by atoms with van der Waals surface area (Å²) in [5, 5.41) is 5.96. The summed E-state index contributed by atoms with van der Waals surface area (Å²) in [6, 6.07) is 9.89. The molecule has 0 unspecified atom stereocenters. The van der Waals surface area contributed by atoms with Gasteiger partial charge in [0, 0.05) is 26.1 Å². The lowest BCUT2D eigenvalue weighted by atomic mass is 10.2. The molecule has 0 fully saturated rings. The first-order valence-electron chi connectivity index (χ1n) is 5.45. The van der Waals surface area contributed by atoms with E-state index in [4.69, 9.17) is 0 Å². The quantitative estimate of drug-likeness (QED) is 0.537. The first-order valence-corrected chi connectivity index (χ1v) is 5.45. The van der Waals surface area contributed by atoms with Crippen molar-refractivity contribution in [3.8, 4) is 0 Å². The van der Waals surface area contributed by atoms with Crippen LogP contribution in [-0.4, -0.2) is 19.0 Å². The lowest BCUT2D eigenvalue weighted by Gasteiger charge is -2.05. The summed E-state index contributed by atoms with van der Waals surface area (Å²) in [6.07, 6.45) is 2.28. The summed E-state index contributed by atoms with van der Waals surface area (Å²) in [5.41, 5.74) is 1.12. The van der Waals surface area contributed by atoms with Crippen LogP contribution in [0.15, 0.2) is 43.0 Å². The molecule has 16 heavy (non-hydrogen) atoms. The molecule has 3 heteroatoms. The maximum absolute atomic E-state index is 11.4. The molecular formula is C13H18N2O. The molecule has 0 radical (unpaired) electrons. The van der Waals surface area contributed by atoms with Crippen LogP contribution in [0.2, 0.25) is 0 Å². The number of carbonyl (C=O) groups excluding carboxylic acids is 1. The molecule has 0 aliphatic heterocycles. The van der Waals surface area contributed by atoms with Crippen LogP contribution in [0.5, 0.6) is 0 Å². The Labute approximate surface area is 96.6 Å². The normalized spacial score (nSPS) is 9.75. The third-order valence-corrected chi connectivity index (χ3v) is 2.15. The third kappa shape index (κ3) is 5.32. The minimum atomic E-state index is 0.0698. The fourth-order valence-electron chi connectivity index (χ4n) is 1.29. The van der Waals surface area contributed by atoms with Gasteiger partial charge in [0.05, 0.1) is 0 Å². The maximum atomic E-state index is 11.4. The molecule has 1 aromatic carbocycles. The van der Waals surface area contributed by atoms with Crippen molar-refractivity contribution in [3.05, 3.63) is 48.6 Å². The Morgan fingerprint density at radius 3 is 2.75 bits per heavy atom. The van der Waals surface area contributed by atoms with E-state index in [1.807, 2.05) is 30.3 Å². The average molecular weight is 218 g/mol. The molecule has 0 aromatic heterocycles. The highest BCUT2D eigenvalue weighted by molar-refractivity contribution is 5.76. The molecule has 0 atom stereocenters. The van der Waals surface area contributed by atoms with Crippen molar-refractivity contribution in [2.24, 2.45) is 0 Å². The van der Waals surface area contributed by atoms with Gasteiger partial charge in [-0.3, -0.25) is 4.79 Å². The monoisotopic (exact) mass is 218 g/mol. The van der Waals surface area contributed by atoms with Crippen LogP contribution in [0.3, 0.4) is 0 Å². The smallest absolute Gasteiger partial charge is 0.221 e. The van der Waals surface area contributed by atoms with Crippen LogP contribution in [0, 0.1) is 0 Å². The zero-order valence-electron chi connectivity index (χ0n) is 9.41. The fourth-order valence-corrected chi connectivity index (χ4v) is 1.29. The second-order valence-electron chi connectivity index (χ2n) is 3.51. The van der Waals surface area contributed by atoms with Crippen molar-refractivity contribution in [1.82, 2.24) is 10.6 Å². The Hall–Kier alpha value is -1.61. The number of benzene rings is 1. The predicted octanol–water partition coefficient (Wildman–Crippen LogP) is 1.47. The standard InChI is InChI=1S/C13H18N2O/c1-2-9-14-10-8-13(16)15-11-12-6-4-3-5-7-12/h2-7,14H,1,8-11H2,(H,15,16). The molecule has 1 aromatic rings. The van der Waals surface area contributed by atoms with Crippen molar-refractivity contribution in [2.45, 2.75) is 13.0 Å². The predicted molar refractivity (Wildman–Crippen MR) is 66.0 cm³/mol. The average Bonchev–Trinajstić information content (AvgIpc) is 2.33. The van der Waals surface area contributed by atoms with Gasteiger partial charge in [0.25, 0.3) is 0 Å². The van der Waals surface area contributed by atoms with Gasteiger partial charge in [0.15, 0.2) is 0 Å². The van der Waals surface area contributed by atoms with E-state index >= 15 is 0 Å². The summed E-state index contributed by atoms with van der Waals surface area (Å²) in [7, 11) is 0. The number of hydrogen-bond donors (Lipinski definition) is 2. The van der Waals surface area contributed by atoms with Gasteiger partial charge < -0.3 is 10.6 Å². The van der Waals surface area contributed by atoms with E-state index in [9.17, 15) is 4.79 Å². The van der Waals surface area contributed by atoms with E-state index in [2.05, 4.69) is 17.2 Å². The van der Waals surface area contributed by atoms with Gasteiger partial charge in [-0.2, -0.15) is 0 Å². The lowest BCUT2D eigenvalue weighted by Crippen LogP contribution is -2.27. The molecule has 0 bridgehead atoms. The van der Waals surface area contributed by atoms with Gasteiger partial charge in [-0.05, 0) is 5.56 Å². The Bertz CT molecular complexity index is 322. The molecular weight excluding hydrogens is 200 g/mol. The summed E-state index contributed by atoms with van der Waals surface area (Å²) < 4.78 is 0. The van der Waals surface area contributed by atoms with Crippen molar-refractivity contribution in [2.75, 3.05) is 13.1 Å². The second-order valence-corrected chi connectivity index (χ2v) is 3.51. The van der Waals surface area contributed by atoms with E-state index in [1.165, 1.54) is 0 Å². The van der Waals surface area contributed by atoms with Gasteiger partial charge >= 0.3 is 0 Å². The van der Waals surface area contributed by atoms with Crippen molar-refractivity contribution in [1.29, 1.82) is 0 Å². The Morgan fingerprint density at radius 2 is 2.06 bits per heavy atom. The number of amides is 1. The van der Waals surface area contributed by atoms with Crippen molar-refractivity contribution >= 4 is 5.91 Å². The van der Waals surface area contributed by atoms with Gasteiger partial charge in [0.1, 0.15) is 0 Å². The Balaban J connectivity index is 2.13. The topological polar surface area (TPSA) is 41.1 Å². The number of rotatable bonds is 7. The number of carbonyl (C=O) groups is 1. The van der Waals surface area contributed by atoms with Crippen molar-refractivity contribution < 1.29 is 4.79 Å². The molecule has 1 rings (SSSR count). The van der Waals surface area contributed by atoms with Gasteiger partial charge in [-0.1, -0.05) is 36.4 Å². The second kappa shape index (κ2) is 7.65. The summed E-state index contributed by atoms with van der Waals surface area (Å²) >= 11 is 0. The summed E-state index contributed by atoms with van der Waals surface area (Å²) in [5.74, 6) is 0.0698. The molecule has 2 N–H and O–H groups in total. The largest absolute Gasteiger partial charge is 0.352 e. The fraction of sp³-hybridized carbons (Fsp3) is 0.308. The van der Waals surface area contributed by atoms with E-state index in [0.29, 0.717) is 19.5 Å². The first kappa shape index (κ1) is 12.5. The third-order valence-electron chi connectivity index (χ3n) is 2.15.